The van der Waals surface area contributed by atoms with Gasteiger partial charge in [0.05, 0.1) is 6.10 Å². The van der Waals surface area contributed by atoms with Gasteiger partial charge in [-0.2, -0.15) is 0 Å². The fraction of sp³-hybridized carbons (Fsp3) is 0.875. The first-order valence-electron chi connectivity index (χ1n) is 8.21. The summed E-state index contributed by atoms with van der Waals surface area (Å²) in [7, 11) is 0. The van der Waals surface area contributed by atoms with Crippen LogP contribution in [0.5, 0.6) is 0 Å². The summed E-state index contributed by atoms with van der Waals surface area (Å²) < 4.78 is 0. The van der Waals surface area contributed by atoms with Gasteiger partial charge in [-0.3, -0.25) is 9.59 Å². The largest absolute Gasteiger partial charge is 0.391 e. The number of carbonyl (C=O) groups excluding carboxylic acids is 2. The molecule has 0 aliphatic rings. The highest BCUT2D eigenvalue weighted by molar-refractivity contribution is 5.78. The molecule has 6 nitrogen and oxygen atoms in total. The Labute approximate surface area is 134 Å². The molecule has 0 bridgehead atoms. The van der Waals surface area contributed by atoms with Gasteiger partial charge >= 0.3 is 0 Å². The SMILES string of the molecule is CCCCNC(=O)C(C)CC(O)C(N)CC(C(N)=O)C(C)C. The summed E-state index contributed by atoms with van der Waals surface area (Å²) in [4.78, 5) is 23.3. The Bertz CT molecular complexity index is 348. The molecule has 6 N–H and O–H groups in total. The smallest absolute Gasteiger partial charge is 0.222 e. The minimum atomic E-state index is -0.826. The van der Waals surface area contributed by atoms with Crippen molar-refractivity contribution in [2.45, 2.75) is 65.5 Å². The highest BCUT2D eigenvalue weighted by atomic mass is 16.3. The minimum absolute atomic E-state index is 0.0741. The van der Waals surface area contributed by atoms with Crippen molar-refractivity contribution in [3.8, 4) is 0 Å². The quantitative estimate of drug-likeness (QED) is 0.421. The summed E-state index contributed by atoms with van der Waals surface area (Å²) in [6.45, 7) is 8.28. The van der Waals surface area contributed by atoms with Crippen LogP contribution in [-0.4, -0.2) is 35.6 Å². The zero-order chi connectivity index (χ0) is 17.3. The first-order chi connectivity index (χ1) is 10.2. The van der Waals surface area contributed by atoms with Crippen LogP contribution >= 0.6 is 0 Å². The Morgan fingerprint density at radius 3 is 2.23 bits per heavy atom. The van der Waals surface area contributed by atoms with E-state index >= 15 is 0 Å². The van der Waals surface area contributed by atoms with E-state index in [9.17, 15) is 14.7 Å². The third-order valence-corrected chi connectivity index (χ3v) is 4.06. The standard InChI is InChI=1S/C16H33N3O3/c1-5-6-7-19-16(22)11(4)8-14(20)13(17)9-12(10(2)3)15(18)21/h10-14,20H,5-9,17H2,1-4H3,(H2,18,21)(H,19,22). The van der Waals surface area contributed by atoms with Crippen molar-refractivity contribution in [2.75, 3.05) is 6.54 Å². The molecule has 0 fully saturated rings. The molecule has 6 heteroatoms. The lowest BCUT2D eigenvalue weighted by atomic mass is 9.85. The van der Waals surface area contributed by atoms with E-state index in [4.69, 9.17) is 11.5 Å². The van der Waals surface area contributed by atoms with Gasteiger partial charge in [0.25, 0.3) is 0 Å². The highest BCUT2D eigenvalue weighted by Crippen LogP contribution is 2.19. The number of nitrogens with one attached hydrogen (secondary N) is 1. The van der Waals surface area contributed by atoms with Crippen LogP contribution in [0.1, 0.15) is 53.4 Å². The van der Waals surface area contributed by atoms with Gasteiger partial charge in [-0.05, 0) is 25.2 Å². The van der Waals surface area contributed by atoms with E-state index in [-0.39, 0.29) is 30.1 Å². The van der Waals surface area contributed by atoms with E-state index in [2.05, 4.69) is 12.2 Å². The Kier molecular flexibility index (Phi) is 10.0. The second-order valence-electron chi connectivity index (χ2n) is 6.50. The molecular formula is C16H33N3O3. The molecule has 22 heavy (non-hydrogen) atoms. The normalized spacial score (nSPS) is 16.9. The molecule has 4 unspecified atom stereocenters. The molecule has 0 aromatic heterocycles. The summed E-state index contributed by atoms with van der Waals surface area (Å²) in [5.41, 5.74) is 11.3. The van der Waals surface area contributed by atoms with Crippen LogP contribution in [-0.2, 0) is 9.59 Å². The number of rotatable bonds is 11. The van der Waals surface area contributed by atoms with E-state index in [1.165, 1.54) is 0 Å². The van der Waals surface area contributed by atoms with Gasteiger partial charge in [0, 0.05) is 24.4 Å². The number of nitrogens with two attached hydrogens (primary N) is 2. The molecule has 0 rings (SSSR count). The molecule has 0 aromatic rings. The number of hydrogen-bond donors (Lipinski definition) is 4. The maximum atomic E-state index is 11.9. The third-order valence-electron chi connectivity index (χ3n) is 4.06. The van der Waals surface area contributed by atoms with Crippen LogP contribution in [0, 0.1) is 17.8 Å². The van der Waals surface area contributed by atoms with Crippen LogP contribution < -0.4 is 16.8 Å². The van der Waals surface area contributed by atoms with Crippen molar-refractivity contribution < 1.29 is 14.7 Å². The van der Waals surface area contributed by atoms with Crippen molar-refractivity contribution in [3.05, 3.63) is 0 Å². The lowest BCUT2D eigenvalue weighted by Gasteiger charge is -2.26. The zero-order valence-corrected chi connectivity index (χ0v) is 14.3. The number of amides is 2. The molecular weight excluding hydrogens is 282 g/mol. The molecule has 0 saturated heterocycles. The molecule has 2 amide bonds. The maximum absolute atomic E-state index is 11.9. The van der Waals surface area contributed by atoms with Crippen LogP contribution in [0.25, 0.3) is 0 Å². The second kappa shape index (κ2) is 10.6. The van der Waals surface area contributed by atoms with E-state index < -0.39 is 18.1 Å². The van der Waals surface area contributed by atoms with E-state index in [0.717, 1.165) is 12.8 Å². The fourth-order valence-electron chi connectivity index (χ4n) is 2.37. The molecule has 0 radical (unpaired) electrons. The molecule has 0 aliphatic heterocycles. The predicted octanol–water partition coefficient (Wildman–Crippen LogP) is 0.765. The van der Waals surface area contributed by atoms with E-state index in [0.29, 0.717) is 13.0 Å². The molecule has 0 aromatic carbocycles. The Balaban J connectivity index is 4.36. The van der Waals surface area contributed by atoms with Crippen LogP contribution in [0.4, 0.5) is 0 Å². The summed E-state index contributed by atoms with van der Waals surface area (Å²) in [5, 5.41) is 13.0. The van der Waals surface area contributed by atoms with Gasteiger partial charge in [-0.15, -0.1) is 0 Å². The summed E-state index contributed by atoms with van der Waals surface area (Å²) in [6.07, 6.45) is 1.75. The second-order valence-corrected chi connectivity index (χ2v) is 6.50. The van der Waals surface area contributed by atoms with Crippen LogP contribution in [0.2, 0.25) is 0 Å². The van der Waals surface area contributed by atoms with Crippen molar-refractivity contribution in [1.82, 2.24) is 5.32 Å². The Hall–Kier alpha value is -1.14. The van der Waals surface area contributed by atoms with Crippen LogP contribution in [0.3, 0.4) is 0 Å². The van der Waals surface area contributed by atoms with Gasteiger partial charge in [0.2, 0.25) is 11.8 Å². The summed E-state index contributed by atoms with van der Waals surface area (Å²) >= 11 is 0. The average Bonchev–Trinajstić information content (AvgIpc) is 2.43. The zero-order valence-electron chi connectivity index (χ0n) is 14.3. The molecule has 0 heterocycles. The van der Waals surface area contributed by atoms with Crippen molar-refractivity contribution in [2.24, 2.45) is 29.2 Å². The minimum Gasteiger partial charge on any atom is -0.391 e. The lowest BCUT2D eigenvalue weighted by Crippen LogP contribution is -2.42. The molecule has 130 valence electrons. The van der Waals surface area contributed by atoms with Gasteiger partial charge in [0.1, 0.15) is 0 Å². The Morgan fingerprint density at radius 2 is 1.77 bits per heavy atom. The lowest BCUT2D eigenvalue weighted by molar-refractivity contribution is -0.126. The van der Waals surface area contributed by atoms with Gasteiger partial charge < -0.3 is 21.9 Å². The number of hydrogen-bond acceptors (Lipinski definition) is 4. The van der Waals surface area contributed by atoms with Crippen LogP contribution in [0.15, 0.2) is 0 Å². The number of unbranched alkanes of at least 4 members (excludes halogenated alkanes) is 1. The van der Waals surface area contributed by atoms with Gasteiger partial charge in [-0.25, -0.2) is 0 Å². The number of primary amides is 1. The molecule has 4 atom stereocenters. The predicted molar refractivity (Wildman–Crippen MR) is 87.8 cm³/mol. The third kappa shape index (κ3) is 7.75. The van der Waals surface area contributed by atoms with E-state index in [1.54, 1.807) is 6.92 Å². The van der Waals surface area contributed by atoms with Gasteiger partial charge in [0.15, 0.2) is 0 Å². The molecule has 0 saturated carbocycles. The Morgan fingerprint density at radius 1 is 1.18 bits per heavy atom. The molecule has 0 spiro atoms. The summed E-state index contributed by atoms with van der Waals surface area (Å²) in [6, 6.07) is -0.564. The van der Waals surface area contributed by atoms with Crippen molar-refractivity contribution in [1.29, 1.82) is 0 Å². The topological polar surface area (TPSA) is 118 Å². The number of carbonyl (C=O) groups is 2. The number of aliphatic hydroxyl groups is 1. The highest BCUT2D eigenvalue weighted by Gasteiger charge is 2.28. The van der Waals surface area contributed by atoms with Crippen molar-refractivity contribution in [3.63, 3.8) is 0 Å². The number of aliphatic hydroxyl groups excluding tert-OH is 1. The molecule has 0 aliphatic carbocycles. The first-order valence-corrected chi connectivity index (χ1v) is 8.21. The average molecular weight is 315 g/mol. The monoisotopic (exact) mass is 315 g/mol. The van der Waals surface area contributed by atoms with Crippen molar-refractivity contribution >= 4 is 11.8 Å². The maximum Gasteiger partial charge on any atom is 0.222 e. The summed E-state index contributed by atoms with van der Waals surface area (Å²) in [5.74, 6) is -1.08. The first kappa shape index (κ1) is 20.9. The van der Waals surface area contributed by atoms with E-state index in [1.807, 2.05) is 13.8 Å². The van der Waals surface area contributed by atoms with Gasteiger partial charge in [-0.1, -0.05) is 34.1 Å². The fourth-order valence-corrected chi connectivity index (χ4v) is 2.37.